The molecule has 100 valence electrons. The molecule has 0 spiro atoms. The summed E-state index contributed by atoms with van der Waals surface area (Å²) in [4.78, 5) is 13.5. The fourth-order valence-electron chi connectivity index (χ4n) is 2.52. The Hall–Kier alpha value is -1.56. The molecule has 1 aliphatic heterocycles. The standard InChI is InChI=1S/C12H21N5O/c13-11-5-9-17(15-11)8-3-7-16-6-2-1-4-10(16)12(14)18/h5,9-10H,1-4,6-8H2,(H2,13,15)(H2,14,18). The first-order valence-corrected chi connectivity index (χ1v) is 6.49. The van der Waals surface area contributed by atoms with E-state index in [1.54, 1.807) is 6.07 Å². The first-order valence-electron chi connectivity index (χ1n) is 6.49. The number of primary amides is 1. The molecule has 1 amide bonds. The van der Waals surface area contributed by atoms with Crippen molar-refractivity contribution >= 4 is 11.7 Å². The van der Waals surface area contributed by atoms with Crippen LogP contribution in [-0.2, 0) is 11.3 Å². The molecule has 1 unspecified atom stereocenters. The van der Waals surface area contributed by atoms with Gasteiger partial charge in [-0.3, -0.25) is 14.4 Å². The number of nitrogen functional groups attached to an aromatic ring is 1. The van der Waals surface area contributed by atoms with Gasteiger partial charge in [0.25, 0.3) is 0 Å². The molecule has 18 heavy (non-hydrogen) atoms. The van der Waals surface area contributed by atoms with E-state index in [1.807, 2.05) is 10.9 Å². The number of hydrogen-bond acceptors (Lipinski definition) is 4. The predicted molar refractivity (Wildman–Crippen MR) is 69.7 cm³/mol. The summed E-state index contributed by atoms with van der Waals surface area (Å²) in [6, 6.07) is 1.70. The van der Waals surface area contributed by atoms with E-state index in [1.165, 1.54) is 0 Å². The molecule has 1 fully saturated rings. The van der Waals surface area contributed by atoms with Crippen LogP contribution in [0.2, 0.25) is 0 Å². The van der Waals surface area contributed by atoms with Crippen molar-refractivity contribution in [3.05, 3.63) is 12.3 Å². The molecule has 2 heterocycles. The van der Waals surface area contributed by atoms with Gasteiger partial charge < -0.3 is 11.5 Å². The van der Waals surface area contributed by atoms with Gasteiger partial charge in [0.05, 0.1) is 6.04 Å². The Labute approximate surface area is 107 Å². The summed E-state index contributed by atoms with van der Waals surface area (Å²) in [5, 5.41) is 4.13. The number of aromatic nitrogens is 2. The summed E-state index contributed by atoms with van der Waals surface area (Å²) in [5.74, 6) is 0.348. The van der Waals surface area contributed by atoms with E-state index in [4.69, 9.17) is 11.5 Å². The minimum Gasteiger partial charge on any atom is -0.382 e. The zero-order valence-electron chi connectivity index (χ0n) is 10.6. The monoisotopic (exact) mass is 251 g/mol. The van der Waals surface area contributed by atoms with E-state index in [2.05, 4.69) is 10.00 Å². The summed E-state index contributed by atoms with van der Waals surface area (Å²) in [6.45, 7) is 2.67. The van der Waals surface area contributed by atoms with Crippen molar-refractivity contribution in [2.24, 2.45) is 5.73 Å². The van der Waals surface area contributed by atoms with Crippen molar-refractivity contribution in [1.82, 2.24) is 14.7 Å². The summed E-state index contributed by atoms with van der Waals surface area (Å²) < 4.78 is 1.83. The van der Waals surface area contributed by atoms with Crippen LogP contribution in [-0.4, -0.2) is 39.7 Å². The predicted octanol–water partition coefficient (Wildman–Crippen LogP) is 0.195. The molecule has 0 radical (unpaired) electrons. The molecule has 0 aromatic carbocycles. The fourth-order valence-corrected chi connectivity index (χ4v) is 2.52. The van der Waals surface area contributed by atoms with E-state index in [9.17, 15) is 4.79 Å². The maximum absolute atomic E-state index is 11.3. The Balaban J connectivity index is 1.79. The number of nitrogens with zero attached hydrogens (tertiary/aromatic N) is 3. The number of likely N-dealkylation sites (tertiary alicyclic amines) is 1. The molecule has 6 nitrogen and oxygen atoms in total. The van der Waals surface area contributed by atoms with Crippen molar-refractivity contribution in [3.8, 4) is 0 Å². The van der Waals surface area contributed by atoms with Gasteiger partial charge in [0, 0.05) is 19.3 Å². The topological polar surface area (TPSA) is 90.2 Å². The molecule has 1 aliphatic rings. The van der Waals surface area contributed by atoms with Crippen LogP contribution >= 0.6 is 0 Å². The van der Waals surface area contributed by atoms with Crippen molar-refractivity contribution in [1.29, 1.82) is 0 Å². The molecule has 0 saturated carbocycles. The highest BCUT2D eigenvalue weighted by molar-refractivity contribution is 5.79. The third kappa shape index (κ3) is 3.22. The SMILES string of the molecule is NC(=O)C1CCCCN1CCCn1ccc(N)n1. The number of anilines is 1. The highest BCUT2D eigenvalue weighted by Crippen LogP contribution is 2.16. The number of hydrogen-bond donors (Lipinski definition) is 2. The smallest absolute Gasteiger partial charge is 0.234 e. The first-order chi connectivity index (χ1) is 8.66. The van der Waals surface area contributed by atoms with Gasteiger partial charge >= 0.3 is 0 Å². The van der Waals surface area contributed by atoms with Gasteiger partial charge in [-0.2, -0.15) is 5.10 Å². The highest BCUT2D eigenvalue weighted by Gasteiger charge is 2.26. The Morgan fingerprint density at radius 2 is 2.28 bits per heavy atom. The van der Waals surface area contributed by atoms with Crippen molar-refractivity contribution in [2.75, 3.05) is 18.8 Å². The molecule has 1 atom stereocenters. The largest absolute Gasteiger partial charge is 0.382 e. The lowest BCUT2D eigenvalue weighted by atomic mass is 10.0. The minimum absolute atomic E-state index is 0.0820. The van der Waals surface area contributed by atoms with Crippen molar-refractivity contribution in [3.63, 3.8) is 0 Å². The van der Waals surface area contributed by atoms with Crippen molar-refractivity contribution in [2.45, 2.75) is 38.3 Å². The Bertz CT molecular complexity index is 403. The van der Waals surface area contributed by atoms with Crippen LogP contribution in [0, 0.1) is 0 Å². The van der Waals surface area contributed by atoms with Gasteiger partial charge in [-0.1, -0.05) is 6.42 Å². The maximum Gasteiger partial charge on any atom is 0.234 e. The second kappa shape index (κ2) is 5.86. The molecule has 1 aromatic rings. The second-order valence-corrected chi connectivity index (χ2v) is 4.81. The number of rotatable bonds is 5. The van der Waals surface area contributed by atoms with Crippen LogP contribution in [0.4, 0.5) is 5.82 Å². The number of piperidine rings is 1. The van der Waals surface area contributed by atoms with Gasteiger partial charge in [0.15, 0.2) is 0 Å². The van der Waals surface area contributed by atoms with Crippen LogP contribution < -0.4 is 11.5 Å². The number of carbonyl (C=O) groups excluding carboxylic acids is 1. The van der Waals surface area contributed by atoms with Gasteiger partial charge in [-0.15, -0.1) is 0 Å². The molecular formula is C12H21N5O. The lowest BCUT2D eigenvalue weighted by Crippen LogP contribution is -2.48. The van der Waals surface area contributed by atoms with E-state index < -0.39 is 0 Å². The van der Waals surface area contributed by atoms with Gasteiger partial charge in [0.2, 0.25) is 5.91 Å². The molecular weight excluding hydrogens is 230 g/mol. The second-order valence-electron chi connectivity index (χ2n) is 4.81. The Kier molecular flexibility index (Phi) is 4.19. The molecule has 2 rings (SSSR count). The third-order valence-electron chi connectivity index (χ3n) is 3.44. The Morgan fingerprint density at radius 1 is 1.44 bits per heavy atom. The van der Waals surface area contributed by atoms with E-state index in [-0.39, 0.29) is 11.9 Å². The fraction of sp³-hybridized carbons (Fsp3) is 0.667. The quantitative estimate of drug-likeness (QED) is 0.782. The summed E-state index contributed by atoms with van der Waals surface area (Å²) in [5.41, 5.74) is 11.0. The minimum atomic E-state index is -0.196. The van der Waals surface area contributed by atoms with E-state index in [0.717, 1.165) is 45.3 Å². The zero-order chi connectivity index (χ0) is 13.0. The average Bonchev–Trinajstić information content (AvgIpc) is 2.75. The van der Waals surface area contributed by atoms with Gasteiger partial charge in [-0.05, 0) is 31.9 Å². The lowest BCUT2D eigenvalue weighted by Gasteiger charge is -2.33. The molecule has 6 heteroatoms. The number of aryl methyl sites for hydroxylation is 1. The van der Waals surface area contributed by atoms with Crippen LogP contribution in [0.5, 0.6) is 0 Å². The first kappa shape index (κ1) is 12.9. The summed E-state index contributed by atoms with van der Waals surface area (Å²) in [7, 11) is 0. The van der Waals surface area contributed by atoms with Gasteiger partial charge in [-0.25, -0.2) is 0 Å². The van der Waals surface area contributed by atoms with E-state index >= 15 is 0 Å². The molecule has 1 aromatic heterocycles. The van der Waals surface area contributed by atoms with E-state index in [0.29, 0.717) is 5.82 Å². The summed E-state index contributed by atoms with van der Waals surface area (Å²) >= 11 is 0. The van der Waals surface area contributed by atoms with Crippen LogP contribution in [0.1, 0.15) is 25.7 Å². The molecule has 1 saturated heterocycles. The highest BCUT2D eigenvalue weighted by atomic mass is 16.1. The average molecular weight is 251 g/mol. The molecule has 0 bridgehead atoms. The number of carbonyl (C=O) groups is 1. The molecule has 4 N–H and O–H groups in total. The lowest BCUT2D eigenvalue weighted by molar-refractivity contribution is -0.124. The van der Waals surface area contributed by atoms with Gasteiger partial charge in [0.1, 0.15) is 5.82 Å². The number of nitrogens with two attached hydrogens (primary N) is 2. The van der Waals surface area contributed by atoms with Crippen LogP contribution in [0.3, 0.4) is 0 Å². The Morgan fingerprint density at radius 3 is 2.94 bits per heavy atom. The van der Waals surface area contributed by atoms with Crippen molar-refractivity contribution < 1.29 is 4.79 Å². The normalized spacial score (nSPS) is 21.0. The van der Waals surface area contributed by atoms with Crippen LogP contribution in [0.25, 0.3) is 0 Å². The summed E-state index contributed by atoms with van der Waals surface area (Å²) in [6.07, 6.45) is 5.96. The van der Waals surface area contributed by atoms with Crippen LogP contribution in [0.15, 0.2) is 12.3 Å². The third-order valence-corrected chi connectivity index (χ3v) is 3.44. The maximum atomic E-state index is 11.3. The molecule has 0 aliphatic carbocycles. The zero-order valence-corrected chi connectivity index (χ0v) is 10.6. The number of amides is 1.